The Hall–Kier alpha value is -0.940. The number of rotatable bonds is 7. The zero-order chi connectivity index (χ0) is 21.8. The first-order valence-electron chi connectivity index (χ1n) is 13.1. The van der Waals surface area contributed by atoms with E-state index in [9.17, 15) is 4.79 Å². The molecule has 0 aliphatic heterocycles. The van der Waals surface area contributed by atoms with Crippen LogP contribution in [-0.2, 0) is 9.53 Å². The highest BCUT2D eigenvalue weighted by Gasteiger charge is 2.57. The van der Waals surface area contributed by atoms with Crippen LogP contribution in [-0.4, -0.2) is 12.1 Å². The van der Waals surface area contributed by atoms with Gasteiger partial charge in [-0.3, -0.25) is 4.79 Å². The van der Waals surface area contributed by atoms with Crippen molar-refractivity contribution < 1.29 is 9.53 Å². The highest BCUT2D eigenvalue weighted by Crippen LogP contribution is 2.65. The zero-order valence-electron chi connectivity index (χ0n) is 19.6. The number of carbonyl (C=O) groups excluding carboxylic acids is 1. The summed E-state index contributed by atoms with van der Waals surface area (Å²) in [5, 5.41) is 2.73. The van der Waals surface area contributed by atoms with E-state index < -0.39 is 0 Å². The molecule has 0 unspecified atom stereocenters. The van der Waals surface area contributed by atoms with Gasteiger partial charge in [-0.1, -0.05) is 44.6 Å². The Bertz CT molecular complexity index is 731. The van der Waals surface area contributed by atoms with Crippen LogP contribution in [0.3, 0.4) is 0 Å². The third kappa shape index (κ3) is 4.59. The molecule has 4 aliphatic rings. The monoisotopic (exact) mass is 444 g/mol. The molecule has 0 amide bonds. The largest absolute Gasteiger partial charge is 0.458 e. The molecule has 0 heterocycles. The summed E-state index contributed by atoms with van der Waals surface area (Å²) < 4.78 is 5.86. The van der Waals surface area contributed by atoms with Gasteiger partial charge in [-0.15, -0.1) is 0 Å². The molecule has 0 N–H and O–H groups in total. The van der Waals surface area contributed by atoms with Crippen molar-refractivity contribution >= 4 is 17.6 Å². The molecule has 172 valence electrons. The van der Waals surface area contributed by atoms with Gasteiger partial charge in [-0.25, -0.2) is 0 Å². The number of hydrogen-bond donors (Lipinski definition) is 0. The molecule has 7 atom stereocenters. The molecule has 0 saturated heterocycles. The van der Waals surface area contributed by atoms with Crippen LogP contribution in [0.2, 0.25) is 0 Å². The van der Waals surface area contributed by atoms with Gasteiger partial charge in [0.1, 0.15) is 6.10 Å². The van der Waals surface area contributed by atoms with Crippen LogP contribution >= 0.6 is 11.6 Å². The minimum atomic E-state index is 0.00730. The molecule has 0 bridgehead atoms. The fraction of sp³-hybridized carbons (Fsp3) is 0.821. The topological polar surface area (TPSA) is 26.3 Å². The van der Waals surface area contributed by atoms with E-state index >= 15 is 0 Å². The molecule has 2 nitrogen and oxygen atoms in total. The summed E-state index contributed by atoms with van der Waals surface area (Å²) in [6.07, 6.45) is 18.7. The quantitative estimate of drug-likeness (QED) is 0.174. The van der Waals surface area contributed by atoms with E-state index in [0.29, 0.717) is 17.8 Å². The predicted molar refractivity (Wildman–Crippen MR) is 127 cm³/mol. The zero-order valence-corrected chi connectivity index (χ0v) is 20.4. The molecular weight excluding hydrogens is 404 g/mol. The summed E-state index contributed by atoms with van der Waals surface area (Å²) in [7, 11) is 0. The van der Waals surface area contributed by atoms with Crippen LogP contribution in [0.4, 0.5) is 0 Å². The van der Waals surface area contributed by atoms with Gasteiger partial charge in [0, 0.05) is 17.7 Å². The van der Waals surface area contributed by atoms with E-state index in [1.165, 1.54) is 64.2 Å². The van der Waals surface area contributed by atoms with Crippen molar-refractivity contribution in [3.63, 3.8) is 0 Å². The third-order valence-corrected chi connectivity index (χ3v) is 9.64. The number of carbonyl (C=O) groups is 1. The highest BCUT2D eigenvalue weighted by atomic mass is 35.5. The van der Waals surface area contributed by atoms with Crippen molar-refractivity contribution in [3.8, 4) is 11.3 Å². The lowest BCUT2D eigenvalue weighted by atomic mass is 9.50. The van der Waals surface area contributed by atoms with Gasteiger partial charge >= 0.3 is 5.97 Å². The molecule has 0 radical (unpaired) electrons. The molecule has 0 spiro atoms. The van der Waals surface area contributed by atoms with Gasteiger partial charge in [0.15, 0.2) is 0 Å². The number of ether oxygens (including phenoxy) is 1. The first-order valence-corrected chi connectivity index (χ1v) is 13.5. The second kappa shape index (κ2) is 10.3. The summed E-state index contributed by atoms with van der Waals surface area (Å²) in [5.74, 6) is 7.15. The number of fused-ring (bicyclic) bond motifs is 5. The summed E-state index contributed by atoms with van der Waals surface area (Å²) in [4.78, 5) is 12.3. The third-order valence-electron chi connectivity index (χ3n) is 9.53. The molecule has 3 saturated carbocycles. The van der Waals surface area contributed by atoms with Gasteiger partial charge in [-0.05, 0) is 111 Å². The van der Waals surface area contributed by atoms with Crippen molar-refractivity contribution in [1.29, 1.82) is 0 Å². The van der Waals surface area contributed by atoms with Gasteiger partial charge in [0.25, 0.3) is 0 Å². The Kier molecular flexibility index (Phi) is 7.74. The number of allylic oxidation sites excluding steroid dienone is 1. The van der Waals surface area contributed by atoms with Crippen LogP contribution in [0.15, 0.2) is 11.6 Å². The Balaban J connectivity index is 1.38. The Morgan fingerprint density at radius 2 is 1.97 bits per heavy atom. The lowest BCUT2D eigenvalue weighted by Gasteiger charge is -2.55. The molecule has 4 rings (SSSR count). The SMILES string of the molecule is CCCCCCC(=O)O[C@@H]1C=C2CC[C@@H]3[C@H](CC[C@]4(CC)[C@H](C#CCl)CC[C@@H]34)[C@H]2CC1. The van der Waals surface area contributed by atoms with Gasteiger partial charge in [0.2, 0.25) is 0 Å². The maximum absolute atomic E-state index is 12.3. The predicted octanol–water partition coefficient (Wildman–Crippen LogP) is 7.65. The van der Waals surface area contributed by atoms with Crippen LogP contribution in [0.5, 0.6) is 0 Å². The normalized spacial score (nSPS) is 38.7. The molecule has 3 heteroatoms. The van der Waals surface area contributed by atoms with E-state index in [1.54, 1.807) is 5.57 Å². The molecular formula is C28H41ClO2. The molecule has 0 aromatic rings. The average molecular weight is 445 g/mol. The Labute approximate surface area is 194 Å². The van der Waals surface area contributed by atoms with Crippen molar-refractivity contribution in [2.75, 3.05) is 0 Å². The average Bonchev–Trinajstić information content (AvgIpc) is 3.15. The van der Waals surface area contributed by atoms with E-state index in [2.05, 4.69) is 31.2 Å². The maximum Gasteiger partial charge on any atom is 0.306 e. The Morgan fingerprint density at radius 3 is 2.74 bits per heavy atom. The minimum absolute atomic E-state index is 0.00730. The number of hydrogen-bond acceptors (Lipinski definition) is 2. The van der Waals surface area contributed by atoms with Gasteiger partial charge in [0.05, 0.1) is 0 Å². The van der Waals surface area contributed by atoms with Crippen LogP contribution < -0.4 is 0 Å². The lowest BCUT2D eigenvalue weighted by Crippen LogP contribution is -2.47. The van der Waals surface area contributed by atoms with Crippen molar-refractivity contribution in [3.05, 3.63) is 11.6 Å². The van der Waals surface area contributed by atoms with Crippen molar-refractivity contribution in [1.82, 2.24) is 0 Å². The van der Waals surface area contributed by atoms with Crippen LogP contribution in [0.1, 0.15) is 104 Å². The first kappa shape index (κ1) is 23.2. The fourth-order valence-electron chi connectivity index (χ4n) is 8.09. The standard InChI is InChI=1S/C28H41ClO2/c1-3-5-6-7-8-27(30)31-22-11-13-23-20(19-22)9-12-25-24(23)15-17-28(4-2)21(16-18-29)10-14-26(25)28/h19,21-26H,3-15,17H2,1-2H3/t21-,22-,23-,24+,25+,26-,28+/m0/s1. The van der Waals surface area contributed by atoms with Gasteiger partial charge < -0.3 is 4.74 Å². The summed E-state index contributed by atoms with van der Waals surface area (Å²) in [6.45, 7) is 4.59. The molecule has 31 heavy (non-hydrogen) atoms. The molecule has 3 fully saturated rings. The lowest BCUT2D eigenvalue weighted by molar-refractivity contribution is -0.147. The highest BCUT2D eigenvalue weighted by molar-refractivity contribution is 6.30. The number of halogens is 1. The molecule has 0 aromatic heterocycles. The number of unbranched alkanes of at least 4 members (excludes halogenated alkanes) is 3. The Morgan fingerprint density at radius 1 is 1.10 bits per heavy atom. The molecule has 0 aromatic carbocycles. The van der Waals surface area contributed by atoms with Crippen molar-refractivity contribution in [2.45, 2.75) is 110 Å². The number of esters is 1. The second-order valence-electron chi connectivity index (χ2n) is 10.7. The van der Waals surface area contributed by atoms with Gasteiger partial charge in [-0.2, -0.15) is 0 Å². The van der Waals surface area contributed by atoms with E-state index in [-0.39, 0.29) is 12.1 Å². The maximum atomic E-state index is 12.3. The summed E-state index contributed by atoms with van der Waals surface area (Å²) in [6, 6.07) is 0. The van der Waals surface area contributed by atoms with Crippen LogP contribution in [0, 0.1) is 46.3 Å². The molecule has 4 aliphatic carbocycles. The van der Waals surface area contributed by atoms with Crippen molar-refractivity contribution in [2.24, 2.45) is 35.0 Å². The van der Waals surface area contributed by atoms with E-state index in [4.69, 9.17) is 16.3 Å². The summed E-state index contributed by atoms with van der Waals surface area (Å²) in [5.41, 5.74) is 2.02. The minimum Gasteiger partial charge on any atom is -0.458 e. The summed E-state index contributed by atoms with van der Waals surface area (Å²) >= 11 is 5.85. The fourth-order valence-corrected chi connectivity index (χ4v) is 8.22. The smallest absolute Gasteiger partial charge is 0.306 e. The first-order chi connectivity index (χ1) is 15.1. The van der Waals surface area contributed by atoms with E-state index in [0.717, 1.165) is 42.9 Å². The van der Waals surface area contributed by atoms with Crippen LogP contribution in [0.25, 0.3) is 0 Å². The van der Waals surface area contributed by atoms with E-state index in [1.807, 2.05) is 0 Å². The second-order valence-corrected chi connectivity index (χ2v) is 10.9.